The van der Waals surface area contributed by atoms with Gasteiger partial charge in [0.1, 0.15) is 11.0 Å². The van der Waals surface area contributed by atoms with Crippen LogP contribution < -0.4 is 5.32 Å². The van der Waals surface area contributed by atoms with Crippen molar-refractivity contribution in [2.75, 3.05) is 11.9 Å². The molecule has 29 heavy (non-hydrogen) atoms. The highest BCUT2D eigenvalue weighted by molar-refractivity contribution is 7.18. The summed E-state index contributed by atoms with van der Waals surface area (Å²) in [5, 5.41) is 12.8. The van der Waals surface area contributed by atoms with Crippen molar-refractivity contribution in [3.63, 3.8) is 0 Å². The molecule has 0 aliphatic carbocycles. The highest BCUT2D eigenvalue weighted by atomic mass is 35.5. The molecule has 6 nitrogen and oxygen atoms in total. The van der Waals surface area contributed by atoms with Gasteiger partial charge in [0.15, 0.2) is 0 Å². The van der Waals surface area contributed by atoms with E-state index in [1.807, 2.05) is 30.3 Å². The van der Waals surface area contributed by atoms with E-state index in [2.05, 4.69) is 15.5 Å². The van der Waals surface area contributed by atoms with E-state index in [0.29, 0.717) is 33.7 Å². The molecular weight excluding hydrogens is 431 g/mol. The average molecular weight is 447 g/mol. The summed E-state index contributed by atoms with van der Waals surface area (Å²) >= 11 is 13.2. The van der Waals surface area contributed by atoms with Gasteiger partial charge in [-0.15, -0.1) is 10.2 Å². The number of amides is 2. The Labute approximate surface area is 181 Å². The van der Waals surface area contributed by atoms with Gasteiger partial charge >= 0.3 is 0 Å². The summed E-state index contributed by atoms with van der Waals surface area (Å²) in [6.07, 6.45) is 1.33. The summed E-state index contributed by atoms with van der Waals surface area (Å²) in [5.74, 6) is -0.518. The maximum Gasteiger partial charge on any atom is 0.254 e. The minimum absolute atomic E-state index is 0.247. The van der Waals surface area contributed by atoms with E-state index in [1.165, 1.54) is 17.4 Å². The number of likely N-dealkylation sites (tertiary alicyclic amines) is 1. The largest absolute Gasteiger partial charge is 0.327 e. The van der Waals surface area contributed by atoms with Gasteiger partial charge in [-0.3, -0.25) is 14.9 Å². The molecule has 2 aromatic carbocycles. The van der Waals surface area contributed by atoms with Crippen LogP contribution in [0.4, 0.5) is 5.13 Å². The minimum atomic E-state index is -0.568. The highest BCUT2D eigenvalue weighted by Gasteiger charge is 2.35. The van der Waals surface area contributed by atoms with Crippen molar-refractivity contribution in [2.24, 2.45) is 0 Å². The van der Waals surface area contributed by atoms with E-state index in [4.69, 9.17) is 23.2 Å². The molecule has 1 atom stereocenters. The summed E-state index contributed by atoms with van der Waals surface area (Å²) in [4.78, 5) is 27.3. The van der Waals surface area contributed by atoms with Crippen molar-refractivity contribution >= 4 is 51.5 Å². The normalized spacial score (nSPS) is 16.1. The fraction of sp³-hybridized carbons (Fsp3) is 0.200. The molecule has 0 spiro atoms. The number of halogens is 2. The Morgan fingerprint density at radius 3 is 2.62 bits per heavy atom. The average Bonchev–Trinajstić information content (AvgIpc) is 3.40. The van der Waals surface area contributed by atoms with Gasteiger partial charge in [0.2, 0.25) is 11.0 Å². The first-order valence-corrected chi connectivity index (χ1v) is 10.6. The SMILES string of the molecule is O=C(Nc1nnc(-c2ccccc2)s1)[C@@H]1CCCN1C(=O)c1ccc(Cl)c(Cl)c1. The minimum Gasteiger partial charge on any atom is -0.327 e. The van der Waals surface area contributed by atoms with Crippen molar-refractivity contribution < 1.29 is 9.59 Å². The van der Waals surface area contributed by atoms with Crippen LogP contribution >= 0.6 is 34.5 Å². The third-order valence-corrected chi connectivity index (χ3v) is 6.29. The van der Waals surface area contributed by atoms with E-state index in [0.717, 1.165) is 17.0 Å². The molecule has 1 saturated heterocycles. The van der Waals surface area contributed by atoms with Crippen LogP contribution in [0.1, 0.15) is 23.2 Å². The van der Waals surface area contributed by atoms with Crippen LogP contribution in [-0.4, -0.2) is 39.5 Å². The maximum atomic E-state index is 12.9. The first-order valence-electron chi connectivity index (χ1n) is 8.99. The Morgan fingerprint density at radius 1 is 1.07 bits per heavy atom. The Morgan fingerprint density at radius 2 is 1.86 bits per heavy atom. The van der Waals surface area contributed by atoms with Gasteiger partial charge in [0, 0.05) is 17.7 Å². The Bertz CT molecular complexity index is 1060. The molecule has 2 heterocycles. The predicted octanol–water partition coefficient (Wildman–Crippen LogP) is 4.76. The fourth-order valence-electron chi connectivity index (χ4n) is 3.24. The zero-order valence-corrected chi connectivity index (χ0v) is 17.5. The molecule has 4 rings (SSSR count). The second-order valence-corrected chi connectivity index (χ2v) is 8.35. The molecule has 0 radical (unpaired) electrons. The lowest BCUT2D eigenvalue weighted by Crippen LogP contribution is -2.43. The van der Waals surface area contributed by atoms with Crippen LogP contribution in [0.25, 0.3) is 10.6 Å². The topological polar surface area (TPSA) is 75.2 Å². The number of nitrogens with zero attached hydrogens (tertiary/aromatic N) is 3. The van der Waals surface area contributed by atoms with E-state index in [1.54, 1.807) is 17.0 Å². The second-order valence-electron chi connectivity index (χ2n) is 6.55. The Balaban J connectivity index is 1.47. The van der Waals surface area contributed by atoms with Gasteiger partial charge in [-0.2, -0.15) is 0 Å². The first-order chi connectivity index (χ1) is 14.0. The van der Waals surface area contributed by atoms with E-state index in [9.17, 15) is 9.59 Å². The van der Waals surface area contributed by atoms with Crippen LogP contribution in [0, 0.1) is 0 Å². The lowest BCUT2D eigenvalue weighted by molar-refractivity contribution is -0.119. The van der Waals surface area contributed by atoms with Crippen molar-refractivity contribution in [3.8, 4) is 10.6 Å². The Kier molecular flexibility index (Phi) is 5.80. The third-order valence-electron chi connectivity index (χ3n) is 4.66. The maximum absolute atomic E-state index is 12.9. The smallest absolute Gasteiger partial charge is 0.254 e. The number of benzene rings is 2. The second kappa shape index (κ2) is 8.49. The van der Waals surface area contributed by atoms with Crippen molar-refractivity contribution in [2.45, 2.75) is 18.9 Å². The third kappa shape index (κ3) is 4.27. The summed E-state index contributed by atoms with van der Waals surface area (Å²) in [7, 11) is 0. The van der Waals surface area contributed by atoms with Crippen molar-refractivity contribution in [3.05, 3.63) is 64.1 Å². The molecule has 9 heteroatoms. The monoisotopic (exact) mass is 446 g/mol. The number of carbonyl (C=O) groups excluding carboxylic acids is 2. The fourth-order valence-corrected chi connectivity index (χ4v) is 4.29. The van der Waals surface area contributed by atoms with Crippen LogP contribution in [0.3, 0.4) is 0 Å². The van der Waals surface area contributed by atoms with Gasteiger partial charge in [-0.05, 0) is 31.0 Å². The zero-order chi connectivity index (χ0) is 20.4. The number of carbonyl (C=O) groups is 2. The zero-order valence-electron chi connectivity index (χ0n) is 15.1. The van der Waals surface area contributed by atoms with Gasteiger partial charge in [-0.1, -0.05) is 64.9 Å². The summed E-state index contributed by atoms with van der Waals surface area (Å²) in [6.45, 7) is 0.503. The van der Waals surface area contributed by atoms with Crippen LogP contribution in [-0.2, 0) is 4.79 Å². The number of rotatable bonds is 4. The van der Waals surface area contributed by atoms with E-state index < -0.39 is 6.04 Å². The number of hydrogen-bond acceptors (Lipinski definition) is 5. The molecule has 1 fully saturated rings. The van der Waals surface area contributed by atoms with E-state index in [-0.39, 0.29) is 11.8 Å². The van der Waals surface area contributed by atoms with Gasteiger partial charge in [0.25, 0.3) is 5.91 Å². The van der Waals surface area contributed by atoms with Gasteiger partial charge in [-0.25, -0.2) is 0 Å². The summed E-state index contributed by atoms with van der Waals surface area (Å²) in [5.41, 5.74) is 1.34. The number of nitrogens with one attached hydrogen (secondary N) is 1. The van der Waals surface area contributed by atoms with Crippen molar-refractivity contribution in [1.29, 1.82) is 0 Å². The molecule has 2 amide bonds. The molecule has 148 valence electrons. The lowest BCUT2D eigenvalue weighted by atomic mass is 10.1. The molecule has 0 bridgehead atoms. The number of aromatic nitrogens is 2. The first kappa shape index (κ1) is 19.8. The van der Waals surface area contributed by atoms with Crippen LogP contribution in [0.5, 0.6) is 0 Å². The van der Waals surface area contributed by atoms with Crippen molar-refractivity contribution in [1.82, 2.24) is 15.1 Å². The molecule has 0 unspecified atom stereocenters. The molecular formula is C20H16Cl2N4O2S. The predicted molar refractivity (Wildman–Crippen MR) is 114 cm³/mol. The lowest BCUT2D eigenvalue weighted by Gasteiger charge is -2.23. The van der Waals surface area contributed by atoms with Crippen LogP contribution in [0.2, 0.25) is 10.0 Å². The quantitative estimate of drug-likeness (QED) is 0.626. The molecule has 3 aromatic rings. The summed E-state index contributed by atoms with van der Waals surface area (Å²) in [6, 6.07) is 13.8. The van der Waals surface area contributed by atoms with Gasteiger partial charge in [0.05, 0.1) is 10.0 Å². The van der Waals surface area contributed by atoms with Crippen LogP contribution in [0.15, 0.2) is 48.5 Å². The Hall–Kier alpha value is -2.48. The number of anilines is 1. The van der Waals surface area contributed by atoms with Gasteiger partial charge < -0.3 is 4.90 Å². The molecule has 0 saturated carbocycles. The summed E-state index contributed by atoms with van der Waals surface area (Å²) < 4.78 is 0. The molecule has 1 aromatic heterocycles. The molecule has 1 N–H and O–H groups in total. The standard InChI is InChI=1S/C20H16Cl2N4O2S/c21-14-9-8-13(11-15(14)22)19(28)26-10-4-7-16(26)17(27)23-20-25-24-18(29-20)12-5-2-1-3-6-12/h1-3,5-6,8-9,11,16H,4,7,10H2,(H,23,25,27)/t16-/m0/s1. The number of hydrogen-bond donors (Lipinski definition) is 1. The van der Waals surface area contributed by atoms with E-state index >= 15 is 0 Å². The molecule has 1 aliphatic rings. The molecule has 1 aliphatic heterocycles. The highest BCUT2D eigenvalue weighted by Crippen LogP contribution is 2.28.